The second-order valence-corrected chi connectivity index (χ2v) is 6.18. The molecule has 1 aliphatic rings. The lowest BCUT2D eigenvalue weighted by atomic mass is 10.1. The zero-order valence-corrected chi connectivity index (χ0v) is 13.5. The lowest BCUT2D eigenvalue weighted by molar-refractivity contribution is -0.117. The molecule has 3 rings (SSSR count). The van der Waals surface area contributed by atoms with Gasteiger partial charge >= 0.3 is 0 Å². The molecule has 2 aromatic rings. The van der Waals surface area contributed by atoms with Crippen LogP contribution in [0.1, 0.15) is 17.9 Å². The molecule has 114 valence electrons. The second-order valence-electron chi connectivity index (χ2n) is 5.34. The monoisotopic (exact) mass is 335 g/mol. The Balaban J connectivity index is 1.64. The van der Waals surface area contributed by atoms with Gasteiger partial charge in [0.2, 0.25) is 5.91 Å². The highest BCUT2D eigenvalue weighted by Gasteiger charge is 2.44. The summed E-state index contributed by atoms with van der Waals surface area (Å²) < 4.78 is 5.14. The summed E-state index contributed by atoms with van der Waals surface area (Å²) in [5.41, 5.74) is 1.75. The van der Waals surface area contributed by atoms with Crippen molar-refractivity contribution in [1.82, 2.24) is 0 Å². The maximum atomic E-state index is 12.3. The third-order valence-corrected chi connectivity index (χ3v) is 4.41. The highest BCUT2D eigenvalue weighted by atomic mass is 35.5. The predicted molar refractivity (Wildman–Crippen MR) is 88.9 cm³/mol. The molecule has 0 aliphatic heterocycles. The van der Waals surface area contributed by atoms with Crippen molar-refractivity contribution in [1.29, 1.82) is 0 Å². The Morgan fingerprint density at radius 3 is 2.55 bits per heavy atom. The zero-order valence-electron chi connectivity index (χ0n) is 12.0. The first kappa shape index (κ1) is 15.2. The molecule has 1 N–H and O–H groups in total. The normalized spacial score (nSPS) is 19.6. The molecule has 5 heteroatoms. The molecule has 0 bridgehead atoms. The predicted octanol–water partition coefficient (Wildman–Crippen LogP) is 4.74. The molecule has 3 nitrogen and oxygen atoms in total. The van der Waals surface area contributed by atoms with E-state index in [2.05, 4.69) is 5.32 Å². The molecule has 0 aromatic heterocycles. The number of hydrogen-bond acceptors (Lipinski definition) is 2. The summed E-state index contributed by atoms with van der Waals surface area (Å²) in [5, 5.41) is 3.86. The number of amides is 1. The van der Waals surface area contributed by atoms with Crippen molar-refractivity contribution in [3.05, 3.63) is 58.1 Å². The maximum absolute atomic E-state index is 12.3. The smallest absolute Gasteiger partial charge is 0.228 e. The van der Waals surface area contributed by atoms with Crippen LogP contribution < -0.4 is 10.1 Å². The molecule has 2 atom stereocenters. The largest absolute Gasteiger partial charge is 0.497 e. The Labute approximate surface area is 139 Å². The number of hydrogen-bond donors (Lipinski definition) is 1. The van der Waals surface area contributed by atoms with Crippen LogP contribution in [-0.2, 0) is 4.79 Å². The van der Waals surface area contributed by atoms with Crippen molar-refractivity contribution in [3.63, 3.8) is 0 Å². The quantitative estimate of drug-likeness (QED) is 0.875. The molecule has 22 heavy (non-hydrogen) atoms. The summed E-state index contributed by atoms with van der Waals surface area (Å²) in [7, 11) is 1.64. The number of halogens is 2. The molecule has 0 saturated heterocycles. The zero-order chi connectivity index (χ0) is 15.7. The minimum absolute atomic E-state index is 0.00922. The molecule has 0 spiro atoms. The van der Waals surface area contributed by atoms with Gasteiger partial charge in [0, 0.05) is 10.9 Å². The molecule has 2 unspecified atom stereocenters. The average molecular weight is 336 g/mol. The van der Waals surface area contributed by atoms with Crippen LogP contribution in [-0.4, -0.2) is 13.0 Å². The summed E-state index contributed by atoms with van der Waals surface area (Å²) in [6, 6.07) is 12.9. The minimum Gasteiger partial charge on any atom is -0.497 e. The first-order chi connectivity index (χ1) is 10.6. The van der Waals surface area contributed by atoms with Gasteiger partial charge in [-0.25, -0.2) is 0 Å². The average Bonchev–Trinajstić information content (AvgIpc) is 3.31. The van der Waals surface area contributed by atoms with Crippen molar-refractivity contribution in [2.24, 2.45) is 5.92 Å². The summed E-state index contributed by atoms with van der Waals surface area (Å²) in [4.78, 5) is 12.3. The molecule has 1 amide bonds. The summed E-state index contributed by atoms with van der Waals surface area (Å²) in [6.45, 7) is 0. The lowest BCUT2D eigenvalue weighted by Crippen LogP contribution is -2.14. The third-order valence-electron chi connectivity index (χ3n) is 3.86. The Bertz CT molecular complexity index is 700. The fraction of sp³-hybridized carbons (Fsp3) is 0.235. The van der Waals surface area contributed by atoms with Crippen LogP contribution in [0.25, 0.3) is 0 Å². The van der Waals surface area contributed by atoms with E-state index in [0.29, 0.717) is 15.7 Å². The number of anilines is 1. The molecule has 1 aliphatic carbocycles. The van der Waals surface area contributed by atoms with Gasteiger partial charge in [0.1, 0.15) is 5.75 Å². The van der Waals surface area contributed by atoms with Crippen molar-refractivity contribution in [2.45, 2.75) is 12.3 Å². The maximum Gasteiger partial charge on any atom is 0.228 e. The van der Waals surface area contributed by atoms with Crippen molar-refractivity contribution in [2.75, 3.05) is 12.4 Å². The van der Waals surface area contributed by atoms with Gasteiger partial charge in [0.25, 0.3) is 0 Å². The van der Waals surface area contributed by atoms with Crippen LogP contribution >= 0.6 is 23.2 Å². The van der Waals surface area contributed by atoms with E-state index in [9.17, 15) is 4.79 Å². The second kappa shape index (κ2) is 6.19. The molecular weight excluding hydrogens is 321 g/mol. The third kappa shape index (κ3) is 3.21. The SMILES string of the molecule is COc1ccc(C2CC2C(=O)Nc2ccc(Cl)cc2Cl)cc1. The topological polar surface area (TPSA) is 38.3 Å². The number of methoxy groups -OCH3 is 1. The van der Waals surface area contributed by atoms with Crippen molar-refractivity contribution in [3.8, 4) is 5.75 Å². The highest BCUT2D eigenvalue weighted by molar-refractivity contribution is 6.36. The van der Waals surface area contributed by atoms with Crippen molar-refractivity contribution < 1.29 is 9.53 Å². The first-order valence-corrected chi connectivity index (χ1v) is 7.74. The Kier molecular flexibility index (Phi) is 4.27. The van der Waals surface area contributed by atoms with Crippen molar-refractivity contribution >= 4 is 34.8 Å². The van der Waals surface area contributed by atoms with E-state index in [1.165, 1.54) is 0 Å². The van der Waals surface area contributed by atoms with E-state index in [4.69, 9.17) is 27.9 Å². The van der Waals surface area contributed by atoms with Gasteiger partial charge in [-0.15, -0.1) is 0 Å². The van der Waals surface area contributed by atoms with E-state index in [-0.39, 0.29) is 17.7 Å². The molecule has 1 fully saturated rings. The Morgan fingerprint density at radius 2 is 1.91 bits per heavy atom. The van der Waals surface area contributed by atoms with Crippen LogP contribution in [0, 0.1) is 5.92 Å². The minimum atomic E-state index is -0.0138. The number of carbonyl (C=O) groups is 1. The lowest BCUT2D eigenvalue weighted by Gasteiger charge is -2.07. The van der Waals surface area contributed by atoms with Crippen LogP contribution in [0.4, 0.5) is 5.69 Å². The number of nitrogens with one attached hydrogen (secondary N) is 1. The van der Waals surface area contributed by atoms with Gasteiger partial charge in [0.05, 0.1) is 17.8 Å². The number of carbonyl (C=O) groups excluding carboxylic acids is 1. The molecule has 0 heterocycles. The summed E-state index contributed by atoms with van der Waals surface area (Å²) in [5.74, 6) is 1.06. The Hall–Kier alpha value is -1.71. The van der Waals surface area contributed by atoms with E-state index >= 15 is 0 Å². The number of rotatable bonds is 4. The molecule has 1 saturated carbocycles. The fourth-order valence-corrected chi connectivity index (χ4v) is 2.98. The molecule has 0 radical (unpaired) electrons. The van der Waals surface area contributed by atoms with Crippen LogP contribution in [0.5, 0.6) is 5.75 Å². The summed E-state index contributed by atoms with van der Waals surface area (Å²) in [6.07, 6.45) is 0.851. The van der Waals surface area contributed by atoms with E-state index in [0.717, 1.165) is 17.7 Å². The number of benzene rings is 2. The standard InChI is InChI=1S/C17H15Cl2NO2/c1-22-12-5-2-10(3-6-12)13-9-14(13)17(21)20-16-7-4-11(18)8-15(16)19/h2-8,13-14H,9H2,1H3,(H,20,21). The van der Waals surface area contributed by atoms with Gasteiger partial charge in [0.15, 0.2) is 0 Å². The Morgan fingerprint density at radius 1 is 1.18 bits per heavy atom. The van der Waals surface area contributed by atoms with Gasteiger partial charge < -0.3 is 10.1 Å². The van der Waals surface area contributed by atoms with Gasteiger partial charge in [-0.3, -0.25) is 4.79 Å². The first-order valence-electron chi connectivity index (χ1n) is 6.98. The van der Waals surface area contributed by atoms with E-state index in [1.54, 1.807) is 25.3 Å². The van der Waals surface area contributed by atoms with Crippen LogP contribution in [0.3, 0.4) is 0 Å². The van der Waals surface area contributed by atoms with Crippen LogP contribution in [0.15, 0.2) is 42.5 Å². The molecular formula is C17H15Cl2NO2. The number of ether oxygens (including phenoxy) is 1. The van der Waals surface area contributed by atoms with E-state index in [1.807, 2.05) is 24.3 Å². The van der Waals surface area contributed by atoms with Gasteiger partial charge in [-0.2, -0.15) is 0 Å². The fourth-order valence-electron chi connectivity index (χ4n) is 2.52. The highest BCUT2D eigenvalue weighted by Crippen LogP contribution is 2.48. The molecule has 2 aromatic carbocycles. The van der Waals surface area contributed by atoms with Gasteiger partial charge in [-0.05, 0) is 48.2 Å². The summed E-state index contributed by atoms with van der Waals surface area (Å²) >= 11 is 11.9. The van der Waals surface area contributed by atoms with Crippen LogP contribution in [0.2, 0.25) is 10.0 Å². The van der Waals surface area contributed by atoms with Gasteiger partial charge in [-0.1, -0.05) is 35.3 Å². The van der Waals surface area contributed by atoms with E-state index < -0.39 is 0 Å².